The van der Waals surface area contributed by atoms with Crippen LogP contribution in [0.5, 0.6) is 0 Å². The molecule has 2 aromatic rings. The lowest BCUT2D eigenvalue weighted by molar-refractivity contribution is -0.143. The van der Waals surface area contributed by atoms with Crippen LogP contribution in [-0.2, 0) is 63.9 Å². The molecule has 0 aromatic heterocycles. The lowest BCUT2D eigenvalue weighted by atomic mass is 9.92. The summed E-state index contributed by atoms with van der Waals surface area (Å²) in [5.74, 6) is -3.51. The Balaban J connectivity index is 1.26. The second kappa shape index (κ2) is 37.0. The van der Waals surface area contributed by atoms with Gasteiger partial charge in [-0.2, -0.15) is 0 Å². The Bertz CT molecular complexity index is 2900. The van der Waals surface area contributed by atoms with Crippen molar-refractivity contribution >= 4 is 82.9 Å². The van der Waals surface area contributed by atoms with E-state index in [9.17, 15) is 62.6 Å². The van der Waals surface area contributed by atoms with Crippen molar-refractivity contribution in [3.63, 3.8) is 0 Å². The number of nitrogens with one attached hydrogen (secondary N) is 9. The van der Waals surface area contributed by atoms with E-state index in [1.807, 2.05) is 48.5 Å². The summed E-state index contributed by atoms with van der Waals surface area (Å²) in [6.07, 6.45) is 1.19. The summed E-state index contributed by atoms with van der Waals surface area (Å²) in [6.45, 7) is 10.5. The molecular formula is C61H89N13O14S. The molecule has 10 atom stereocenters. The summed E-state index contributed by atoms with van der Waals surface area (Å²) in [7, 11) is 0. The fraction of sp³-hybridized carbons (Fsp3) is 0.574. The number of carboxylic acid groups (broad SMARTS) is 1. The lowest BCUT2D eigenvalue weighted by Gasteiger charge is -2.29. The molecule has 488 valence electrons. The smallest absolute Gasteiger partial charge is 0.407 e. The highest BCUT2D eigenvalue weighted by Gasteiger charge is 2.40. The highest BCUT2D eigenvalue weighted by atomic mass is 32.2. The first-order valence-corrected chi connectivity index (χ1v) is 31.2. The molecule has 2 aromatic carbocycles. The Labute approximate surface area is 523 Å². The van der Waals surface area contributed by atoms with Gasteiger partial charge in [0.15, 0.2) is 0 Å². The van der Waals surface area contributed by atoms with Crippen LogP contribution in [0, 0.1) is 29.6 Å². The number of benzene rings is 2. The molecular weight excluding hydrogens is 1170 g/mol. The average Bonchev–Trinajstić information content (AvgIpc) is 3.82. The third-order valence-corrected chi connectivity index (χ3v) is 16.3. The summed E-state index contributed by atoms with van der Waals surface area (Å²) in [6, 6.07) is 6.56. The average molecular weight is 1260 g/mol. The number of nitrogens with two attached hydrogens (primary N) is 3. The van der Waals surface area contributed by atoms with Crippen LogP contribution < -0.4 is 65.1 Å². The first kappa shape index (κ1) is 73.3. The number of hydrogen-bond acceptors (Lipinski definition) is 17. The molecule has 1 heterocycles. The summed E-state index contributed by atoms with van der Waals surface area (Å²) in [5, 5.41) is 31.6. The van der Waals surface area contributed by atoms with Gasteiger partial charge in [0.1, 0.15) is 42.4 Å². The number of thioether (sulfide) groups is 1. The molecule has 27 nitrogen and oxygen atoms in total. The molecule has 0 saturated carbocycles. The highest BCUT2D eigenvalue weighted by Crippen LogP contribution is 2.29. The quantitative estimate of drug-likeness (QED) is 0.0231. The Kier molecular flexibility index (Phi) is 30.5. The topological polar surface area (TPSA) is 424 Å². The zero-order valence-corrected chi connectivity index (χ0v) is 52.5. The number of likely N-dealkylation sites (tertiary alicyclic amines) is 1. The van der Waals surface area contributed by atoms with Crippen molar-refractivity contribution in [3.8, 4) is 11.8 Å². The van der Waals surface area contributed by atoms with Crippen molar-refractivity contribution < 1.29 is 67.4 Å². The molecule has 2 unspecified atom stereocenters. The van der Waals surface area contributed by atoms with Crippen LogP contribution in [0.4, 0.5) is 4.79 Å². The number of hydrogen-bond donors (Lipinski definition) is 13. The van der Waals surface area contributed by atoms with Crippen LogP contribution in [0.15, 0.2) is 48.5 Å². The molecule has 1 aliphatic heterocycles. The number of unbranched alkanes of at least 4 members (excludes halogenated alkanes) is 2. The van der Waals surface area contributed by atoms with E-state index in [2.05, 4.69) is 59.7 Å². The van der Waals surface area contributed by atoms with Gasteiger partial charge in [0, 0.05) is 48.4 Å². The van der Waals surface area contributed by atoms with E-state index in [0.29, 0.717) is 45.1 Å². The van der Waals surface area contributed by atoms with Gasteiger partial charge in [0.25, 0.3) is 0 Å². The first-order valence-electron chi connectivity index (χ1n) is 30.1. The summed E-state index contributed by atoms with van der Waals surface area (Å²) < 4.78 is 5.87. The van der Waals surface area contributed by atoms with Crippen molar-refractivity contribution in [2.75, 3.05) is 45.0 Å². The van der Waals surface area contributed by atoms with Crippen molar-refractivity contribution in [2.24, 2.45) is 35.0 Å². The van der Waals surface area contributed by atoms with Gasteiger partial charge < -0.3 is 74.9 Å². The monoisotopic (exact) mass is 1260 g/mol. The number of nitrogens with zero attached hydrogens (tertiary/aromatic N) is 1. The number of aliphatic carboxylic acids is 1. The Morgan fingerprint density at radius 3 is 1.84 bits per heavy atom. The largest absolute Gasteiger partial charge is 0.480 e. The van der Waals surface area contributed by atoms with Crippen LogP contribution in [0.1, 0.15) is 128 Å². The zero-order valence-electron chi connectivity index (χ0n) is 51.7. The summed E-state index contributed by atoms with van der Waals surface area (Å²) in [4.78, 5) is 159. The molecule has 89 heavy (non-hydrogen) atoms. The highest BCUT2D eigenvalue weighted by molar-refractivity contribution is 8.00. The Morgan fingerprint density at radius 1 is 0.640 bits per heavy atom. The third kappa shape index (κ3) is 23.4. The van der Waals surface area contributed by atoms with Gasteiger partial charge in [-0.25, -0.2) is 9.59 Å². The number of fused-ring (bicyclic) bond motifs is 2. The Hall–Kier alpha value is -8.13. The number of alkyl carbamates (subject to hydrolysis) is 1. The fourth-order valence-electron chi connectivity index (χ4n) is 9.49. The second-order valence-electron chi connectivity index (χ2n) is 22.7. The molecule has 11 amide bonds. The predicted molar refractivity (Wildman–Crippen MR) is 331 cm³/mol. The van der Waals surface area contributed by atoms with Crippen molar-refractivity contribution in [3.05, 3.63) is 70.8 Å². The fourth-order valence-corrected chi connectivity index (χ4v) is 10.6. The van der Waals surface area contributed by atoms with Crippen molar-refractivity contribution in [1.29, 1.82) is 0 Å². The third-order valence-electron chi connectivity index (χ3n) is 15.0. The summed E-state index contributed by atoms with van der Waals surface area (Å²) in [5.41, 5.74) is 20.8. The molecule has 1 fully saturated rings. The minimum atomic E-state index is -1.25. The van der Waals surface area contributed by atoms with Gasteiger partial charge in [-0.3, -0.25) is 52.8 Å². The predicted octanol–water partition coefficient (Wildman–Crippen LogP) is -0.540. The number of imide groups is 1. The van der Waals surface area contributed by atoms with E-state index in [0.717, 1.165) is 38.9 Å². The Morgan fingerprint density at radius 2 is 1.21 bits per heavy atom. The van der Waals surface area contributed by atoms with Gasteiger partial charge in [-0.05, 0) is 94.0 Å². The zero-order chi connectivity index (χ0) is 65.9. The van der Waals surface area contributed by atoms with Gasteiger partial charge in [-0.1, -0.05) is 96.2 Å². The van der Waals surface area contributed by atoms with E-state index in [1.54, 1.807) is 41.5 Å². The number of rotatable bonds is 36. The van der Waals surface area contributed by atoms with Crippen LogP contribution in [0.25, 0.3) is 0 Å². The van der Waals surface area contributed by atoms with E-state index in [1.165, 1.54) is 6.92 Å². The first-order chi connectivity index (χ1) is 42.3. The molecule has 16 N–H and O–H groups in total. The molecule has 1 aliphatic carbocycles. The molecule has 4 rings (SSSR count). The van der Waals surface area contributed by atoms with Gasteiger partial charge >= 0.3 is 12.1 Å². The number of carboxylic acids is 1. The van der Waals surface area contributed by atoms with Crippen LogP contribution >= 0.6 is 11.8 Å². The van der Waals surface area contributed by atoms with Gasteiger partial charge in [0.2, 0.25) is 59.1 Å². The maximum Gasteiger partial charge on any atom is 0.407 e. The van der Waals surface area contributed by atoms with Crippen LogP contribution in [-0.4, -0.2) is 174 Å². The molecule has 2 aliphatic rings. The second-order valence-corrected chi connectivity index (χ2v) is 23.9. The maximum absolute atomic E-state index is 13.9. The molecule has 0 spiro atoms. The number of amides is 11. The number of ether oxygens (including phenoxy) is 1. The summed E-state index contributed by atoms with van der Waals surface area (Å²) >= 11 is 0.993. The van der Waals surface area contributed by atoms with Crippen LogP contribution in [0.2, 0.25) is 0 Å². The lowest BCUT2D eigenvalue weighted by Crippen LogP contribution is -2.60. The van der Waals surface area contributed by atoms with E-state index >= 15 is 0 Å². The normalized spacial score (nSPS) is 16.9. The van der Waals surface area contributed by atoms with E-state index < -0.39 is 156 Å². The number of carbonyl (C=O) groups is 12. The maximum atomic E-state index is 13.9. The van der Waals surface area contributed by atoms with Gasteiger partial charge in [0.05, 0.1) is 24.4 Å². The standard InChI is InChI=1S/C61H89N13O14S/c1-8-36(6)52(58(83)70-44(22-14-16-26-63)56(81)72-50(34(2)3)57(82)68-37(7)53(78)73-51(35(4)5)60(85)86)71-48(76)32-66-47(75)31-67-55(80)43(21-13-15-25-62)69-54(79)42(64)33-89-46-30-49(77)74(59(46)84)28-27-65-61(87)88-45-29-40-19-10-9-17-38(40)23-24-39-18-11-12-20-41(39)45/h9-12,17-20,34-37,42-46,50-52H,8,13-16,21-22,25-33,62-64H2,1-7H3,(H,65,87)(H,66,75)(H,67,80)(H,68,82)(H,69,79)(H,70,83)(H,71,76)(H,72,81)(H,73,78)(H,85,86)/t36-,37-,42-,43-,44-,45?,46?,50-,51-,52-/m0/s1. The minimum Gasteiger partial charge on any atom is -0.480 e. The molecule has 28 heteroatoms. The van der Waals surface area contributed by atoms with E-state index in [-0.39, 0.29) is 44.6 Å². The minimum absolute atomic E-state index is 0.0913. The van der Waals surface area contributed by atoms with Gasteiger partial charge in [-0.15, -0.1) is 11.8 Å². The van der Waals surface area contributed by atoms with Crippen LogP contribution in [0.3, 0.4) is 0 Å². The molecule has 0 bridgehead atoms. The van der Waals surface area contributed by atoms with Crippen molar-refractivity contribution in [1.82, 2.24) is 52.8 Å². The SMILES string of the molecule is CC[C@H](C)[C@H](NC(=O)CNC(=O)CNC(=O)[C@H](CCCCN)NC(=O)[C@@H](N)CSC1CC(=O)N(CCNC(=O)OC2Cc3ccccc3C#Cc3ccccc32)C1=O)C(=O)N[C@@H](CCCCN)C(=O)N[C@H](C(=O)N[C@@H](C)C(=O)N[C@H](C(=O)O)C(C)C)C(C)C. The number of carbonyl (C=O) groups excluding carboxylic acids is 11. The van der Waals surface area contributed by atoms with E-state index in [4.69, 9.17) is 21.9 Å². The van der Waals surface area contributed by atoms with Crippen molar-refractivity contribution in [2.45, 2.75) is 160 Å². The molecule has 1 saturated heterocycles. The molecule has 0 radical (unpaired) electrons.